The molecule has 1 aliphatic heterocycles. The molecule has 0 aromatic heterocycles. The smallest absolute Gasteiger partial charge is 0.428 e. The van der Waals surface area contributed by atoms with Gasteiger partial charge in [0.25, 0.3) is 0 Å². The van der Waals surface area contributed by atoms with Crippen LogP contribution in [0.15, 0.2) is 18.2 Å². The van der Waals surface area contributed by atoms with Gasteiger partial charge in [0.2, 0.25) is 5.60 Å². The number of anilines is 1. The lowest BCUT2D eigenvalue weighted by molar-refractivity contribution is -0.260. The monoisotopic (exact) mass is 292 g/mol. The van der Waals surface area contributed by atoms with Crippen LogP contribution in [0.3, 0.4) is 0 Å². The summed E-state index contributed by atoms with van der Waals surface area (Å²) in [7, 11) is 1.75. The van der Waals surface area contributed by atoms with Gasteiger partial charge in [0, 0.05) is 32.0 Å². The lowest BCUT2D eigenvalue weighted by atomic mass is 9.90. The van der Waals surface area contributed by atoms with E-state index in [1.165, 1.54) is 6.07 Å². The normalized spacial score (nSPS) is 19.9. The molecule has 1 saturated heterocycles. The van der Waals surface area contributed by atoms with Crippen molar-refractivity contribution in [3.05, 3.63) is 24.0 Å². The van der Waals surface area contributed by atoms with Crippen molar-refractivity contribution in [3.63, 3.8) is 0 Å². The minimum absolute atomic E-state index is 0.00560. The average molecular weight is 292 g/mol. The molecular weight excluding hydrogens is 276 g/mol. The van der Waals surface area contributed by atoms with E-state index in [9.17, 15) is 17.6 Å². The number of rotatable bonds is 2. The van der Waals surface area contributed by atoms with Gasteiger partial charge in [-0.15, -0.1) is 0 Å². The number of hydrogen-bond acceptors (Lipinski definition) is 3. The molecule has 1 aliphatic rings. The molecule has 1 aromatic carbocycles. The Morgan fingerprint density at radius 1 is 1.25 bits per heavy atom. The van der Waals surface area contributed by atoms with Crippen molar-refractivity contribution in [2.75, 3.05) is 25.9 Å². The molecule has 0 saturated carbocycles. The number of halogens is 4. The van der Waals surface area contributed by atoms with Gasteiger partial charge in [-0.1, -0.05) is 0 Å². The van der Waals surface area contributed by atoms with Gasteiger partial charge in [-0.25, -0.2) is 4.39 Å². The molecule has 2 N–H and O–H groups in total. The van der Waals surface area contributed by atoms with Gasteiger partial charge < -0.3 is 15.4 Å². The molecule has 0 radical (unpaired) electrons. The third kappa shape index (κ3) is 2.82. The second-order valence-corrected chi connectivity index (χ2v) is 5.08. The van der Waals surface area contributed by atoms with Gasteiger partial charge in [0.1, 0.15) is 11.6 Å². The van der Waals surface area contributed by atoms with Crippen molar-refractivity contribution in [1.82, 2.24) is 4.90 Å². The highest BCUT2D eigenvalue weighted by Crippen LogP contribution is 2.43. The van der Waals surface area contributed by atoms with Crippen molar-refractivity contribution in [3.8, 4) is 5.75 Å². The van der Waals surface area contributed by atoms with Crippen molar-refractivity contribution in [2.45, 2.75) is 24.6 Å². The maximum absolute atomic E-state index is 13.4. The van der Waals surface area contributed by atoms with Gasteiger partial charge in [0.05, 0.1) is 5.69 Å². The number of piperidine rings is 1. The van der Waals surface area contributed by atoms with Gasteiger partial charge in [0.15, 0.2) is 0 Å². The summed E-state index contributed by atoms with van der Waals surface area (Å²) in [5.41, 5.74) is 3.26. The van der Waals surface area contributed by atoms with Gasteiger partial charge >= 0.3 is 6.18 Å². The van der Waals surface area contributed by atoms with Crippen molar-refractivity contribution < 1.29 is 22.3 Å². The molecule has 1 heterocycles. The summed E-state index contributed by atoms with van der Waals surface area (Å²) in [5, 5.41) is 0. The lowest BCUT2D eigenvalue weighted by Crippen LogP contribution is -2.56. The van der Waals surface area contributed by atoms with Crippen LogP contribution in [0.1, 0.15) is 12.8 Å². The number of nitrogens with two attached hydrogens (primary N) is 1. The standard InChI is InChI=1S/C13H16F4N2O/c1-19-6-4-12(5-7-19,13(15,16)17)20-11-8-9(14)2-3-10(11)18/h2-3,8H,4-7,18H2,1H3. The Morgan fingerprint density at radius 2 is 1.85 bits per heavy atom. The predicted molar refractivity (Wildman–Crippen MR) is 67.0 cm³/mol. The summed E-state index contributed by atoms with van der Waals surface area (Å²) in [4.78, 5) is 1.79. The number of alkyl halides is 3. The zero-order valence-corrected chi connectivity index (χ0v) is 11.0. The van der Waals surface area contributed by atoms with E-state index in [-0.39, 0.29) is 37.4 Å². The zero-order valence-electron chi connectivity index (χ0n) is 11.0. The number of hydrogen-bond donors (Lipinski definition) is 1. The van der Waals surface area contributed by atoms with Crippen LogP contribution in [0.25, 0.3) is 0 Å². The molecule has 1 fully saturated rings. The Kier molecular flexibility index (Phi) is 3.82. The van der Waals surface area contributed by atoms with E-state index in [1.54, 1.807) is 11.9 Å². The molecule has 0 spiro atoms. The Morgan fingerprint density at radius 3 is 2.40 bits per heavy atom. The van der Waals surface area contributed by atoms with Crippen LogP contribution in [-0.4, -0.2) is 36.8 Å². The lowest BCUT2D eigenvalue weighted by Gasteiger charge is -2.41. The summed E-state index contributed by atoms with van der Waals surface area (Å²) in [5.74, 6) is -0.939. The van der Waals surface area contributed by atoms with Crippen molar-refractivity contribution in [2.24, 2.45) is 0 Å². The third-order valence-electron chi connectivity index (χ3n) is 3.59. The Hall–Kier alpha value is -1.50. The molecule has 0 atom stereocenters. The van der Waals surface area contributed by atoms with E-state index < -0.39 is 17.6 Å². The number of nitrogen functional groups attached to an aromatic ring is 1. The SMILES string of the molecule is CN1CCC(Oc2cc(F)ccc2N)(C(F)(F)F)CC1. The van der Waals surface area contributed by atoms with Crippen LogP contribution in [-0.2, 0) is 0 Å². The fourth-order valence-corrected chi connectivity index (χ4v) is 2.23. The molecule has 20 heavy (non-hydrogen) atoms. The molecule has 0 aliphatic carbocycles. The van der Waals surface area contributed by atoms with E-state index in [4.69, 9.17) is 10.5 Å². The fraction of sp³-hybridized carbons (Fsp3) is 0.538. The number of ether oxygens (including phenoxy) is 1. The quantitative estimate of drug-likeness (QED) is 0.673. The van der Waals surface area contributed by atoms with E-state index in [2.05, 4.69) is 0 Å². The second kappa shape index (κ2) is 5.12. The van der Waals surface area contributed by atoms with Gasteiger partial charge in [-0.2, -0.15) is 13.2 Å². The number of nitrogens with zero attached hydrogens (tertiary/aromatic N) is 1. The molecule has 3 nitrogen and oxygen atoms in total. The fourth-order valence-electron chi connectivity index (χ4n) is 2.23. The first kappa shape index (κ1) is 14.9. The predicted octanol–water partition coefficient (Wildman–Crippen LogP) is 2.81. The van der Waals surface area contributed by atoms with Crippen molar-refractivity contribution >= 4 is 5.69 Å². The molecule has 1 aromatic rings. The number of benzene rings is 1. The minimum Gasteiger partial charge on any atom is -0.475 e. The second-order valence-electron chi connectivity index (χ2n) is 5.08. The summed E-state index contributed by atoms with van der Waals surface area (Å²) >= 11 is 0. The number of likely N-dealkylation sites (tertiary alicyclic amines) is 1. The topological polar surface area (TPSA) is 38.5 Å². The molecular formula is C13H16F4N2O. The summed E-state index contributed by atoms with van der Waals surface area (Å²) in [6.07, 6.45) is -4.95. The first-order chi connectivity index (χ1) is 9.23. The minimum atomic E-state index is -4.53. The molecule has 7 heteroatoms. The van der Waals surface area contributed by atoms with Crippen LogP contribution in [0, 0.1) is 5.82 Å². The average Bonchev–Trinajstić information content (AvgIpc) is 2.35. The zero-order chi connectivity index (χ0) is 15.0. The maximum atomic E-state index is 13.4. The van der Waals surface area contributed by atoms with E-state index >= 15 is 0 Å². The highest BCUT2D eigenvalue weighted by molar-refractivity contribution is 5.52. The first-order valence-electron chi connectivity index (χ1n) is 6.23. The van der Waals surface area contributed by atoms with E-state index in [0.29, 0.717) is 0 Å². The Bertz CT molecular complexity index is 482. The summed E-state index contributed by atoms with van der Waals surface area (Å²) in [6.45, 7) is 0.517. The molecule has 0 bridgehead atoms. The van der Waals surface area contributed by atoms with Crippen molar-refractivity contribution in [1.29, 1.82) is 0 Å². The van der Waals surface area contributed by atoms with E-state index in [1.807, 2.05) is 0 Å². The van der Waals surface area contributed by atoms with Crippen LogP contribution in [0.2, 0.25) is 0 Å². The molecule has 0 amide bonds. The van der Waals surface area contributed by atoms with Gasteiger partial charge in [-0.3, -0.25) is 0 Å². The highest BCUT2D eigenvalue weighted by atomic mass is 19.4. The van der Waals surface area contributed by atoms with Gasteiger partial charge in [-0.05, 0) is 19.2 Å². The summed E-state index contributed by atoms with van der Waals surface area (Å²) < 4.78 is 58.4. The maximum Gasteiger partial charge on any atom is 0.428 e. The Balaban J connectivity index is 2.31. The summed E-state index contributed by atoms with van der Waals surface area (Å²) in [6, 6.07) is 3.17. The third-order valence-corrected chi connectivity index (χ3v) is 3.59. The largest absolute Gasteiger partial charge is 0.475 e. The molecule has 112 valence electrons. The Labute approximate surface area is 114 Å². The molecule has 0 unspecified atom stereocenters. The first-order valence-corrected chi connectivity index (χ1v) is 6.23. The van der Waals surface area contributed by atoms with Crippen LogP contribution in [0.5, 0.6) is 5.75 Å². The molecule has 2 rings (SSSR count). The van der Waals surface area contributed by atoms with Crippen LogP contribution >= 0.6 is 0 Å². The van der Waals surface area contributed by atoms with Crippen LogP contribution in [0.4, 0.5) is 23.2 Å². The van der Waals surface area contributed by atoms with E-state index in [0.717, 1.165) is 12.1 Å². The highest BCUT2D eigenvalue weighted by Gasteiger charge is 2.58. The van der Waals surface area contributed by atoms with Crippen LogP contribution < -0.4 is 10.5 Å².